The summed E-state index contributed by atoms with van der Waals surface area (Å²) >= 11 is 5.81. The number of hydrogen-bond donors (Lipinski definition) is 1. The van der Waals surface area contributed by atoms with E-state index < -0.39 is 17.6 Å². The standard InChI is InChI=1S/C15H18ClF3N2O2/c1-9(2)21(10(3)22)7-6-14(23)20-13-8-11(15(17,18)19)4-5-12(13)16/h4-5,8-9H,6-7H2,1-3H3,(H,20,23). The number of carbonyl (C=O) groups is 2. The average molecular weight is 351 g/mol. The molecule has 0 spiro atoms. The fraction of sp³-hybridized carbons (Fsp3) is 0.467. The molecule has 1 N–H and O–H groups in total. The molecule has 0 atom stereocenters. The Morgan fingerprint density at radius 1 is 1.30 bits per heavy atom. The number of halogens is 4. The van der Waals surface area contributed by atoms with Crippen LogP contribution in [0.4, 0.5) is 18.9 Å². The molecule has 8 heteroatoms. The van der Waals surface area contributed by atoms with Crippen molar-refractivity contribution < 1.29 is 22.8 Å². The second kappa shape index (κ2) is 7.68. The molecule has 0 saturated carbocycles. The Morgan fingerprint density at radius 3 is 2.39 bits per heavy atom. The summed E-state index contributed by atoms with van der Waals surface area (Å²) in [7, 11) is 0. The minimum Gasteiger partial charge on any atom is -0.340 e. The molecule has 0 bridgehead atoms. The number of amides is 2. The van der Waals surface area contributed by atoms with Crippen molar-refractivity contribution in [2.24, 2.45) is 0 Å². The smallest absolute Gasteiger partial charge is 0.340 e. The number of rotatable bonds is 5. The van der Waals surface area contributed by atoms with E-state index in [0.717, 1.165) is 18.2 Å². The highest BCUT2D eigenvalue weighted by Crippen LogP contribution is 2.33. The van der Waals surface area contributed by atoms with Gasteiger partial charge in [-0.1, -0.05) is 11.6 Å². The molecular weight excluding hydrogens is 333 g/mol. The molecule has 0 fully saturated rings. The van der Waals surface area contributed by atoms with Gasteiger partial charge in [-0.05, 0) is 32.0 Å². The van der Waals surface area contributed by atoms with Gasteiger partial charge in [-0.2, -0.15) is 13.2 Å². The monoisotopic (exact) mass is 350 g/mol. The van der Waals surface area contributed by atoms with Gasteiger partial charge >= 0.3 is 6.18 Å². The fourth-order valence-electron chi connectivity index (χ4n) is 2.01. The Kier molecular flexibility index (Phi) is 6.44. The van der Waals surface area contributed by atoms with Gasteiger partial charge in [-0.3, -0.25) is 9.59 Å². The summed E-state index contributed by atoms with van der Waals surface area (Å²) in [5, 5.41) is 2.36. The first-order valence-corrected chi connectivity index (χ1v) is 7.34. The maximum Gasteiger partial charge on any atom is 0.416 e. The Hall–Kier alpha value is -1.76. The maximum absolute atomic E-state index is 12.7. The molecule has 4 nitrogen and oxygen atoms in total. The van der Waals surface area contributed by atoms with Crippen LogP contribution in [0.15, 0.2) is 18.2 Å². The SMILES string of the molecule is CC(=O)N(CCC(=O)Nc1cc(C(F)(F)F)ccc1Cl)C(C)C. The lowest BCUT2D eigenvalue weighted by Gasteiger charge is -2.25. The maximum atomic E-state index is 12.7. The van der Waals surface area contributed by atoms with Gasteiger partial charge in [0.25, 0.3) is 0 Å². The quantitative estimate of drug-likeness (QED) is 0.874. The molecule has 0 unspecified atom stereocenters. The van der Waals surface area contributed by atoms with Crippen LogP contribution in [0.3, 0.4) is 0 Å². The summed E-state index contributed by atoms with van der Waals surface area (Å²) in [6.45, 7) is 5.18. The molecule has 0 aliphatic heterocycles. The van der Waals surface area contributed by atoms with Crippen molar-refractivity contribution in [3.63, 3.8) is 0 Å². The normalized spacial score (nSPS) is 11.5. The van der Waals surface area contributed by atoms with Crippen LogP contribution in [0.5, 0.6) is 0 Å². The van der Waals surface area contributed by atoms with Crippen molar-refractivity contribution in [1.82, 2.24) is 4.90 Å². The van der Waals surface area contributed by atoms with Crippen molar-refractivity contribution in [2.75, 3.05) is 11.9 Å². The minimum atomic E-state index is -4.52. The number of carbonyl (C=O) groups excluding carboxylic acids is 2. The van der Waals surface area contributed by atoms with E-state index in [1.54, 1.807) is 0 Å². The second-order valence-corrected chi connectivity index (χ2v) is 5.70. The molecular formula is C15H18ClF3N2O2. The Labute approximate surface area is 137 Å². The summed E-state index contributed by atoms with van der Waals surface area (Å²) in [6.07, 6.45) is -4.56. The molecule has 0 aliphatic rings. The van der Waals surface area contributed by atoms with Crippen molar-refractivity contribution in [1.29, 1.82) is 0 Å². The number of nitrogens with zero attached hydrogens (tertiary/aromatic N) is 1. The van der Waals surface area contributed by atoms with Crippen LogP contribution in [0.25, 0.3) is 0 Å². The predicted molar refractivity (Wildman–Crippen MR) is 82.2 cm³/mol. The highest BCUT2D eigenvalue weighted by molar-refractivity contribution is 6.33. The van der Waals surface area contributed by atoms with Crippen LogP contribution in [-0.4, -0.2) is 29.3 Å². The Balaban J connectivity index is 2.76. The van der Waals surface area contributed by atoms with Crippen LogP contribution in [0.2, 0.25) is 5.02 Å². The highest BCUT2D eigenvalue weighted by Gasteiger charge is 2.31. The first kappa shape index (κ1) is 19.3. The van der Waals surface area contributed by atoms with Gasteiger partial charge in [-0.15, -0.1) is 0 Å². The lowest BCUT2D eigenvalue weighted by molar-refractivity contribution is -0.137. The summed E-state index contributed by atoms with van der Waals surface area (Å²) in [6, 6.07) is 2.63. The third-order valence-electron chi connectivity index (χ3n) is 3.18. The Morgan fingerprint density at radius 2 is 1.91 bits per heavy atom. The number of nitrogens with one attached hydrogen (secondary N) is 1. The third kappa shape index (κ3) is 5.74. The van der Waals surface area contributed by atoms with Gasteiger partial charge in [0, 0.05) is 25.9 Å². The predicted octanol–water partition coefficient (Wildman–Crippen LogP) is 3.94. The number of anilines is 1. The third-order valence-corrected chi connectivity index (χ3v) is 3.50. The van der Waals surface area contributed by atoms with E-state index in [-0.39, 0.29) is 35.6 Å². The van der Waals surface area contributed by atoms with Crippen molar-refractivity contribution in [3.8, 4) is 0 Å². The van der Waals surface area contributed by atoms with Gasteiger partial charge in [-0.25, -0.2) is 0 Å². The average Bonchev–Trinajstić information content (AvgIpc) is 2.39. The molecule has 0 aromatic heterocycles. The summed E-state index contributed by atoms with van der Waals surface area (Å²) < 4.78 is 38.0. The van der Waals surface area contributed by atoms with E-state index in [4.69, 9.17) is 11.6 Å². The van der Waals surface area contributed by atoms with E-state index in [2.05, 4.69) is 5.32 Å². The van der Waals surface area contributed by atoms with Gasteiger partial charge in [0.05, 0.1) is 16.3 Å². The molecule has 23 heavy (non-hydrogen) atoms. The first-order chi connectivity index (χ1) is 10.5. The highest BCUT2D eigenvalue weighted by atomic mass is 35.5. The van der Waals surface area contributed by atoms with Crippen LogP contribution in [0, 0.1) is 0 Å². The molecule has 1 aromatic rings. The van der Waals surface area contributed by atoms with Crippen LogP contribution in [0.1, 0.15) is 32.8 Å². The zero-order valence-electron chi connectivity index (χ0n) is 13.0. The molecule has 0 saturated heterocycles. The van der Waals surface area contributed by atoms with Crippen molar-refractivity contribution >= 4 is 29.1 Å². The van der Waals surface area contributed by atoms with E-state index in [9.17, 15) is 22.8 Å². The van der Waals surface area contributed by atoms with Crippen LogP contribution >= 0.6 is 11.6 Å². The lowest BCUT2D eigenvalue weighted by Crippen LogP contribution is -2.37. The van der Waals surface area contributed by atoms with E-state index >= 15 is 0 Å². The first-order valence-electron chi connectivity index (χ1n) is 6.96. The topological polar surface area (TPSA) is 49.4 Å². The van der Waals surface area contributed by atoms with Gasteiger partial charge < -0.3 is 10.2 Å². The van der Waals surface area contributed by atoms with Crippen LogP contribution in [-0.2, 0) is 15.8 Å². The molecule has 1 aromatic carbocycles. The summed E-state index contributed by atoms with van der Waals surface area (Å²) in [5.74, 6) is -0.692. The van der Waals surface area contributed by atoms with E-state index in [0.29, 0.717) is 0 Å². The van der Waals surface area contributed by atoms with Gasteiger partial charge in [0.1, 0.15) is 0 Å². The molecule has 2 amide bonds. The minimum absolute atomic E-state index is 0.0126. The van der Waals surface area contributed by atoms with Crippen LogP contribution < -0.4 is 5.32 Å². The zero-order valence-corrected chi connectivity index (χ0v) is 13.8. The Bertz CT molecular complexity index is 589. The van der Waals surface area contributed by atoms with Gasteiger partial charge in [0.15, 0.2) is 0 Å². The summed E-state index contributed by atoms with van der Waals surface area (Å²) in [5.41, 5.74) is -1.00. The second-order valence-electron chi connectivity index (χ2n) is 5.30. The van der Waals surface area contributed by atoms with Gasteiger partial charge in [0.2, 0.25) is 11.8 Å². The van der Waals surface area contributed by atoms with E-state index in [1.807, 2.05) is 13.8 Å². The summed E-state index contributed by atoms with van der Waals surface area (Å²) in [4.78, 5) is 24.8. The largest absolute Gasteiger partial charge is 0.416 e. The van der Waals surface area contributed by atoms with Crippen molar-refractivity contribution in [3.05, 3.63) is 28.8 Å². The van der Waals surface area contributed by atoms with E-state index in [1.165, 1.54) is 11.8 Å². The van der Waals surface area contributed by atoms with Crippen molar-refractivity contribution in [2.45, 2.75) is 39.4 Å². The lowest BCUT2D eigenvalue weighted by atomic mass is 10.2. The molecule has 0 radical (unpaired) electrons. The zero-order chi connectivity index (χ0) is 17.8. The number of benzene rings is 1. The molecule has 0 aliphatic carbocycles. The molecule has 0 heterocycles. The number of hydrogen-bond acceptors (Lipinski definition) is 2. The number of alkyl halides is 3. The fourth-order valence-corrected chi connectivity index (χ4v) is 2.18. The molecule has 128 valence electrons. The molecule has 1 rings (SSSR count).